The Kier molecular flexibility index (Phi) is 8.70. The van der Waals surface area contributed by atoms with Gasteiger partial charge in [-0.3, -0.25) is 9.10 Å². The lowest BCUT2D eigenvalue weighted by molar-refractivity contribution is -0.119. The second kappa shape index (κ2) is 11.5. The Morgan fingerprint density at radius 1 is 0.969 bits per heavy atom. The van der Waals surface area contributed by atoms with Crippen molar-refractivity contribution in [3.05, 3.63) is 59.7 Å². The number of carbonyl (C=O) groups excluding carboxylic acids is 1. The summed E-state index contributed by atoms with van der Waals surface area (Å²) < 4.78 is 28.0. The molecule has 0 aromatic heterocycles. The first-order valence-corrected chi connectivity index (χ1v) is 13.0. The number of likely N-dealkylation sites (tertiary alicyclic amines) is 1. The Morgan fingerprint density at radius 3 is 2.22 bits per heavy atom. The van der Waals surface area contributed by atoms with E-state index in [0.717, 1.165) is 37.2 Å². The van der Waals surface area contributed by atoms with Crippen molar-refractivity contribution in [1.82, 2.24) is 10.2 Å². The lowest BCUT2D eigenvalue weighted by atomic mass is 10.1. The molecule has 0 unspecified atom stereocenters. The molecule has 0 aliphatic carbocycles. The Balaban J connectivity index is 1.68. The summed E-state index contributed by atoms with van der Waals surface area (Å²) in [5, 5.41) is 2.92. The number of rotatable bonds is 9. The zero-order valence-electron chi connectivity index (χ0n) is 19.2. The van der Waals surface area contributed by atoms with Gasteiger partial charge in [0.15, 0.2) is 0 Å². The maximum absolute atomic E-state index is 13.4. The number of sulfonamides is 1. The SMILES string of the molecule is Cc1cc(C)cc(N(CC(=O)NCCCN2CCCCCC2)S(=O)(=O)c2ccccc2)c1. The predicted molar refractivity (Wildman–Crippen MR) is 129 cm³/mol. The average molecular weight is 458 g/mol. The van der Waals surface area contributed by atoms with Gasteiger partial charge < -0.3 is 10.2 Å². The van der Waals surface area contributed by atoms with Gasteiger partial charge in [0.05, 0.1) is 10.6 Å². The van der Waals surface area contributed by atoms with Gasteiger partial charge in [-0.15, -0.1) is 0 Å². The van der Waals surface area contributed by atoms with Crippen LogP contribution in [0.2, 0.25) is 0 Å². The number of hydrogen-bond donors (Lipinski definition) is 1. The van der Waals surface area contributed by atoms with Gasteiger partial charge >= 0.3 is 0 Å². The molecule has 2 aromatic carbocycles. The number of carbonyl (C=O) groups is 1. The highest BCUT2D eigenvalue weighted by Crippen LogP contribution is 2.25. The molecule has 1 heterocycles. The molecular weight excluding hydrogens is 422 g/mol. The summed E-state index contributed by atoms with van der Waals surface area (Å²) in [6.07, 6.45) is 5.96. The van der Waals surface area contributed by atoms with Crippen molar-refractivity contribution in [2.45, 2.75) is 50.8 Å². The zero-order chi connectivity index (χ0) is 23.0. The molecule has 7 heteroatoms. The number of nitrogens with zero attached hydrogens (tertiary/aromatic N) is 2. The third-order valence-electron chi connectivity index (χ3n) is 5.78. The Hall–Kier alpha value is -2.38. The quantitative estimate of drug-likeness (QED) is 0.580. The fourth-order valence-electron chi connectivity index (χ4n) is 4.21. The molecule has 0 saturated carbocycles. The summed E-state index contributed by atoms with van der Waals surface area (Å²) in [5.74, 6) is -0.292. The molecular formula is C25H35N3O3S. The largest absolute Gasteiger partial charge is 0.354 e. The van der Waals surface area contributed by atoms with Crippen LogP contribution in [0.5, 0.6) is 0 Å². The molecule has 0 atom stereocenters. The Morgan fingerprint density at radius 2 is 1.59 bits per heavy atom. The molecule has 6 nitrogen and oxygen atoms in total. The molecule has 0 radical (unpaired) electrons. The van der Waals surface area contributed by atoms with Crippen molar-refractivity contribution in [1.29, 1.82) is 0 Å². The molecule has 1 amide bonds. The van der Waals surface area contributed by atoms with Crippen LogP contribution in [0.3, 0.4) is 0 Å². The molecule has 32 heavy (non-hydrogen) atoms. The van der Waals surface area contributed by atoms with Gasteiger partial charge in [0.25, 0.3) is 10.0 Å². The molecule has 0 spiro atoms. The molecule has 1 N–H and O–H groups in total. The first-order chi connectivity index (χ1) is 15.4. The Bertz CT molecular complexity index is 964. The van der Waals surface area contributed by atoms with E-state index in [1.807, 2.05) is 19.9 Å². The average Bonchev–Trinajstić information content (AvgIpc) is 3.04. The minimum Gasteiger partial charge on any atom is -0.354 e. The van der Waals surface area contributed by atoms with Gasteiger partial charge in [-0.1, -0.05) is 37.1 Å². The third-order valence-corrected chi connectivity index (χ3v) is 7.57. The minimum atomic E-state index is -3.87. The summed E-state index contributed by atoms with van der Waals surface area (Å²) in [7, 11) is -3.87. The summed E-state index contributed by atoms with van der Waals surface area (Å²) in [5.41, 5.74) is 2.41. The molecule has 0 bridgehead atoms. The van der Waals surface area contributed by atoms with Crippen molar-refractivity contribution < 1.29 is 13.2 Å². The monoisotopic (exact) mass is 457 g/mol. The van der Waals surface area contributed by atoms with E-state index in [2.05, 4.69) is 10.2 Å². The highest BCUT2D eigenvalue weighted by atomic mass is 32.2. The van der Waals surface area contributed by atoms with Crippen molar-refractivity contribution in [3.63, 3.8) is 0 Å². The van der Waals surface area contributed by atoms with Gasteiger partial charge in [0.1, 0.15) is 6.54 Å². The van der Waals surface area contributed by atoms with Crippen LogP contribution in [0, 0.1) is 13.8 Å². The van der Waals surface area contributed by atoms with Crippen LogP contribution in [0.15, 0.2) is 53.4 Å². The van der Waals surface area contributed by atoms with Gasteiger partial charge in [0, 0.05) is 6.54 Å². The summed E-state index contributed by atoms with van der Waals surface area (Å²) in [6.45, 7) is 7.36. The molecule has 1 aliphatic heterocycles. The fraction of sp³-hybridized carbons (Fsp3) is 0.480. The number of anilines is 1. The summed E-state index contributed by atoms with van der Waals surface area (Å²) >= 11 is 0. The van der Waals surface area contributed by atoms with Crippen LogP contribution >= 0.6 is 0 Å². The van der Waals surface area contributed by atoms with Crippen LogP contribution in [0.1, 0.15) is 43.2 Å². The van der Waals surface area contributed by atoms with E-state index < -0.39 is 10.0 Å². The van der Waals surface area contributed by atoms with Crippen molar-refractivity contribution in [3.8, 4) is 0 Å². The van der Waals surface area contributed by atoms with Crippen LogP contribution in [0.25, 0.3) is 0 Å². The predicted octanol–water partition coefficient (Wildman–Crippen LogP) is 3.88. The molecule has 2 aromatic rings. The van der Waals surface area contributed by atoms with Crippen LogP contribution in [-0.2, 0) is 14.8 Å². The van der Waals surface area contributed by atoms with Crippen molar-refractivity contribution >= 4 is 21.6 Å². The minimum absolute atomic E-state index is 0.174. The highest BCUT2D eigenvalue weighted by Gasteiger charge is 2.27. The molecule has 1 fully saturated rings. The van der Waals surface area contributed by atoms with E-state index in [4.69, 9.17) is 0 Å². The number of nitrogens with one attached hydrogen (secondary N) is 1. The second-order valence-electron chi connectivity index (χ2n) is 8.63. The molecule has 1 saturated heterocycles. The van der Waals surface area contributed by atoms with E-state index >= 15 is 0 Å². The second-order valence-corrected chi connectivity index (χ2v) is 10.5. The number of amides is 1. The lowest BCUT2D eigenvalue weighted by Crippen LogP contribution is -2.41. The van der Waals surface area contributed by atoms with Crippen molar-refractivity contribution in [2.24, 2.45) is 0 Å². The maximum atomic E-state index is 13.4. The lowest BCUT2D eigenvalue weighted by Gasteiger charge is -2.25. The number of benzene rings is 2. The smallest absolute Gasteiger partial charge is 0.264 e. The van der Waals surface area contributed by atoms with E-state index in [-0.39, 0.29) is 17.3 Å². The summed E-state index contributed by atoms with van der Waals surface area (Å²) in [6, 6.07) is 13.9. The summed E-state index contributed by atoms with van der Waals surface area (Å²) in [4.78, 5) is 15.4. The standard InChI is InChI=1S/C25H35N3O3S/c1-21-17-22(2)19-23(18-21)28(32(30,31)24-11-6-5-7-12-24)20-25(29)26-13-10-16-27-14-8-3-4-9-15-27/h5-7,11-12,17-19H,3-4,8-10,13-16,20H2,1-2H3,(H,26,29). The number of hydrogen-bond acceptors (Lipinski definition) is 4. The first kappa shape index (κ1) is 24.3. The zero-order valence-corrected chi connectivity index (χ0v) is 20.0. The third kappa shape index (κ3) is 6.81. The first-order valence-electron chi connectivity index (χ1n) is 11.5. The van der Waals surface area contributed by atoms with Gasteiger partial charge in [-0.25, -0.2) is 8.42 Å². The van der Waals surface area contributed by atoms with E-state index in [1.54, 1.807) is 42.5 Å². The van der Waals surface area contributed by atoms with Crippen LogP contribution in [-0.4, -0.2) is 51.9 Å². The Labute approximate surface area is 192 Å². The fourth-order valence-corrected chi connectivity index (χ4v) is 5.63. The van der Waals surface area contributed by atoms with E-state index in [1.165, 1.54) is 30.0 Å². The van der Waals surface area contributed by atoms with Gasteiger partial charge in [-0.05, 0) is 88.1 Å². The van der Waals surface area contributed by atoms with E-state index in [9.17, 15) is 13.2 Å². The topological polar surface area (TPSA) is 69.7 Å². The molecule has 3 rings (SSSR count). The normalized spacial score (nSPS) is 15.2. The number of aryl methyl sites for hydroxylation is 2. The molecule has 174 valence electrons. The molecule has 1 aliphatic rings. The van der Waals surface area contributed by atoms with Gasteiger partial charge in [-0.2, -0.15) is 0 Å². The van der Waals surface area contributed by atoms with Gasteiger partial charge in [0.2, 0.25) is 5.91 Å². The van der Waals surface area contributed by atoms with Crippen molar-refractivity contribution in [2.75, 3.05) is 37.0 Å². The van der Waals surface area contributed by atoms with Crippen LogP contribution in [0.4, 0.5) is 5.69 Å². The van der Waals surface area contributed by atoms with Crippen LogP contribution < -0.4 is 9.62 Å². The maximum Gasteiger partial charge on any atom is 0.264 e. The van der Waals surface area contributed by atoms with E-state index in [0.29, 0.717) is 12.2 Å². The highest BCUT2D eigenvalue weighted by molar-refractivity contribution is 7.92.